The molecule has 0 aliphatic carbocycles. The number of piperazine rings is 1. The second kappa shape index (κ2) is 9.48. The fourth-order valence-corrected chi connectivity index (χ4v) is 4.34. The van der Waals surface area contributed by atoms with E-state index in [4.69, 9.17) is 4.74 Å². The number of carbonyl (C=O) groups is 2. The molecular weight excluding hydrogens is 416 g/mol. The van der Waals surface area contributed by atoms with Crippen molar-refractivity contribution in [1.29, 1.82) is 0 Å². The van der Waals surface area contributed by atoms with Gasteiger partial charge in [0.15, 0.2) is 0 Å². The summed E-state index contributed by atoms with van der Waals surface area (Å²) in [5, 5.41) is 4.21. The summed E-state index contributed by atoms with van der Waals surface area (Å²) in [6.07, 6.45) is 2.06. The Labute approximate surface area is 194 Å². The van der Waals surface area contributed by atoms with Gasteiger partial charge in [0.25, 0.3) is 5.91 Å². The Morgan fingerprint density at radius 2 is 1.88 bits per heavy atom. The zero-order chi connectivity index (χ0) is 23.5. The van der Waals surface area contributed by atoms with Gasteiger partial charge in [-0.05, 0) is 42.7 Å². The average Bonchev–Trinajstić information content (AvgIpc) is 3.18. The fraction of sp³-hybridized carbons (Fsp3) is 0.346. The molecule has 0 saturated carbocycles. The Bertz CT molecular complexity index is 1150. The summed E-state index contributed by atoms with van der Waals surface area (Å²) >= 11 is 0. The molecule has 0 bridgehead atoms. The van der Waals surface area contributed by atoms with Crippen LogP contribution in [0, 0.1) is 6.92 Å². The summed E-state index contributed by atoms with van der Waals surface area (Å²) in [6.45, 7) is 5.53. The molecule has 0 radical (unpaired) electrons. The lowest BCUT2D eigenvalue weighted by atomic mass is 9.96. The van der Waals surface area contributed by atoms with E-state index in [1.54, 1.807) is 22.9 Å². The second-order valence-electron chi connectivity index (χ2n) is 8.33. The smallest absolute Gasteiger partial charge is 0.258 e. The number of hydrogen-bond acceptors (Lipinski definition) is 4. The topological polar surface area (TPSA) is 67.7 Å². The van der Waals surface area contributed by atoms with Crippen LogP contribution in [0.2, 0.25) is 0 Å². The highest BCUT2D eigenvalue weighted by Gasteiger charge is 2.38. The number of aryl methyl sites for hydroxylation is 1. The van der Waals surface area contributed by atoms with E-state index >= 15 is 0 Å². The molecule has 1 aliphatic rings. The molecule has 1 fully saturated rings. The third-order valence-corrected chi connectivity index (χ3v) is 6.47. The van der Waals surface area contributed by atoms with Crippen molar-refractivity contribution in [3.63, 3.8) is 0 Å². The minimum atomic E-state index is -0.545. The average molecular weight is 447 g/mol. The maximum Gasteiger partial charge on any atom is 0.258 e. The second-order valence-corrected chi connectivity index (χ2v) is 8.33. The summed E-state index contributed by atoms with van der Waals surface area (Å²) < 4.78 is 6.94. The Morgan fingerprint density at radius 1 is 1.12 bits per heavy atom. The summed E-state index contributed by atoms with van der Waals surface area (Å²) in [4.78, 5) is 30.3. The number of likely N-dealkylation sites (N-methyl/N-ethyl adjacent to an activating group) is 1. The first kappa shape index (κ1) is 22.6. The van der Waals surface area contributed by atoms with Gasteiger partial charge in [-0.25, -0.2) is 0 Å². The molecule has 2 amide bonds. The predicted octanol–water partition coefficient (Wildman–Crippen LogP) is 3.32. The molecule has 2 aromatic carbocycles. The van der Waals surface area contributed by atoms with Gasteiger partial charge in [-0.1, -0.05) is 36.4 Å². The molecule has 0 spiro atoms. The summed E-state index contributed by atoms with van der Waals surface area (Å²) in [6, 6.07) is 15.5. The number of aromatic nitrogens is 2. The van der Waals surface area contributed by atoms with Crippen LogP contribution in [0.5, 0.6) is 5.75 Å². The number of methoxy groups -OCH3 is 1. The number of carbonyl (C=O) groups excluding carboxylic acids is 2. The van der Waals surface area contributed by atoms with Gasteiger partial charge in [0.2, 0.25) is 5.91 Å². The lowest BCUT2D eigenvalue weighted by molar-refractivity contribution is -0.139. The summed E-state index contributed by atoms with van der Waals surface area (Å²) in [5.74, 6) is 0.664. The molecule has 1 aliphatic heterocycles. The van der Waals surface area contributed by atoms with Crippen LogP contribution in [0.25, 0.3) is 11.1 Å². The lowest BCUT2D eigenvalue weighted by Gasteiger charge is -2.40. The van der Waals surface area contributed by atoms with E-state index in [1.807, 2.05) is 68.3 Å². The Hall–Kier alpha value is -3.61. The molecule has 33 heavy (non-hydrogen) atoms. The van der Waals surface area contributed by atoms with Gasteiger partial charge >= 0.3 is 0 Å². The van der Waals surface area contributed by atoms with E-state index in [0.29, 0.717) is 31.6 Å². The van der Waals surface area contributed by atoms with E-state index in [2.05, 4.69) is 11.2 Å². The van der Waals surface area contributed by atoms with Gasteiger partial charge < -0.3 is 14.5 Å². The highest BCUT2D eigenvalue weighted by atomic mass is 16.5. The number of rotatable bonds is 6. The molecule has 2 heterocycles. The molecule has 1 unspecified atom stereocenters. The van der Waals surface area contributed by atoms with Crippen LogP contribution < -0.4 is 4.74 Å². The number of benzene rings is 2. The highest BCUT2D eigenvalue weighted by molar-refractivity contribution is 5.99. The van der Waals surface area contributed by atoms with Crippen molar-refractivity contribution in [3.05, 3.63) is 71.5 Å². The lowest BCUT2D eigenvalue weighted by Crippen LogP contribution is -2.59. The minimum absolute atomic E-state index is 0.00602. The van der Waals surface area contributed by atoms with Crippen molar-refractivity contribution in [3.8, 4) is 16.9 Å². The van der Waals surface area contributed by atoms with E-state index in [0.717, 1.165) is 28.1 Å². The predicted molar refractivity (Wildman–Crippen MR) is 127 cm³/mol. The van der Waals surface area contributed by atoms with Crippen molar-refractivity contribution >= 4 is 11.8 Å². The van der Waals surface area contributed by atoms with Crippen LogP contribution in [-0.4, -0.2) is 64.2 Å². The molecule has 7 heteroatoms. The van der Waals surface area contributed by atoms with Gasteiger partial charge in [-0.15, -0.1) is 0 Å². The molecule has 3 aromatic rings. The molecule has 1 saturated heterocycles. The van der Waals surface area contributed by atoms with Gasteiger partial charge in [-0.2, -0.15) is 5.10 Å². The Morgan fingerprint density at radius 3 is 2.52 bits per heavy atom. The van der Waals surface area contributed by atoms with E-state index in [1.165, 1.54) is 0 Å². The SMILES string of the molecule is CCN1CCN(C(=O)c2cnn(C)c2C)C(Cc2cccc(-c3ccc(OC)cc3)c2)C1=O. The van der Waals surface area contributed by atoms with Crippen LogP contribution in [-0.2, 0) is 18.3 Å². The normalized spacial score (nSPS) is 16.2. The van der Waals surface area contributed by atoms with Gasteiger partial charge in [0.05, 0.1) is 18.9 Å². The van der Waals surface area contributed by atoms with Crippen LogP contribution in [0.3, 0.4) is 0 Å². The first-order valence-electron chi connectivity index (χ1n) is 11.2. The van der Waals surface area contributed by atoms with Crippen molar-refractivity contribution < 1.29 is 14.3 Å². The van der Waals surface area contributed by atoms with Crippen molar-refractivity contribution in [2.45, 2.75) is 26.3 Å². The van der Waals surface area contributed by atoms with E-state index in [9.17, 15) is 9.59 Å². The van der Waals surface area contributed by atoms with Crippen LogP contribution in [0.4, 0.5) is 0 Å². The Balaban J connectivity index is 1.63. The number of ether oxygens (including phenoxy) is 1. The number of hydrogen-bond donors (Lipinski definition) is 0. The van der Waals surface area contributed by atoms with Crippen LogP contribution >= 0.6 is 0 Å². The highest BCUT2D eigenvalue weighted by Crippen LogP contribution is 2.26. The van der Waals surface area contributed by atoms with Crippen LogP contribution in [0.15, 0.2) is 54.7 Å². The molecule has 4 rings (SSSR count). The summed E-state index contributed by atoms with van der Waals surface area (Å²) in [5.41, 5.74) is 4.49. The molecule has 172 valence electrons. The number of nitrogens with zero attached hydrogens (tertiary/aromatic N) is 4. The van der Waals surface area contributed by atoms with E-state index < -0.39 is 6.04 Å². The van der Waals surface area contributed by atoms with Crippen molar-refractivity contribution in [2.75, 3.05) is 26.7 Å². The zero-order valence-corrected chi connectivity index (χ0v) is 19.6. The van der Waals surface area contributed by atoms with Crippen molar-refractivity contribution in [1.82, 2.24) is 19.6 Å². The first-order chi connectivity index (χ1) is 15.9. The van der Waals surface area contributed by atoms with Gasteiger partial charge in [0, 0.05) is 38.8 Å². The van der Waals surface area contributed by atoms with Gasteiger partial charge in [0.1, 0.15) is 11.8 Å². The van der Waals surface area contributed by atoms with Gasteiger partial charge in [-0.3, -0.25) is 14.3 Å². The quantitative estimate of drug-likeness (QED) is 0.583. The third kappa shape index (κ3) is 4.49. The first-order valence-corrected chi connectivity index (χ1v) is 11.2. The maximum atomic E-state index is 13.4. The van der Waals surface area contributed by atoms with Crippen LogP contribution in [0.1, 0.15) is 28.5 Å². The molecule has 7 nitrogen and oxygen atoms in total. The van der Waals surface area contributed by atoms with Crippen molar-refractivity contribution in [2.24, 2.45) is 7.05 Å². The third-order valence-electron chi connectivity index (χ3n) is 6.47. The maximum absolute atomic E-state index is 13.4. The largest absolute Gasteiger partial charge is 0.497 e. The number of amides is 2. The zero-order valence-electron chi connectivity index (χ0n) is 19.6. The Kier molecular flexibility index (Phi) is 6.49. The standard InChI is InChI=1S/C26H30N4O3/c1-5-29-13-14-30(25(31)23-17-27-28(3)18(23)2)24(26(29)32)16-19-7-6-8-21(15-19)20-9-11-22(33-4)12-10-20/h6-12,15,17,24H,5,13-14,16H2,1-4H3. The van der Waals surface area contributed by atoms with E-state index in [-0.39, 0.29) is 11.8 Å². The summed E-state index contributed by atoms with van der Waals surface area (Å²) in [7, 11) is 3.46. The fourth-order valence-electron chi connectivity index (χ4n) is 4.34. The molecule has 1 atom stereocenters. The monoisotopic (exact) mass is 446 g/mol. The molecule has 1 aromatic heterocycles. The molecule has 0 N–H and O–H groups in total. The minimum Gasteiger partial charge on any atom is -0.497 e. The molecular formula is C26H30N4O3.